The van der Waals surface area contributed by atoms with E-state index in [-0.39, 0.29) is 0 Å². The van der Waals surface area contributed by atoms with Crippen molar-refractivity contribution < 1.29 is 4.79 Å². The number of carbonyl (C=O) groups excluding carboxylic acids is 1. The lowest BCUT2D eigenvalue weighted by molar-refractivity contribution is 0.1000. The fourth-order valence-corrected chi connectivity index (χ4v) is 2.72. The zero-order valence-corrected chi connectivity index (χ0v) is 12.9. The molecule has 1 fully saturated rings. The number of anilines is 1. The fourth-order valence-electron chi connectivity index (χ4n) is 2.72. The Balaban J connectivity index is 1.88. The van der Waals surface area contributed by atoms with Crippen molar-refractivity contribution in [2.24, 2.45) is 5.73 Å². The Morgan fingerprint density at radius 3 is 2.81 bits per heavy atom. The first-order chi connectivity index (χ1) is 10.1. The SMILES string of the molecule is Cc1cc(C)c(C(N)=O)c(NCCCN2CCNCC2)n1. The smallest absolute Gasteiger partial charge is 0.252 e. The largest absolute Gasteiger partial charge is 0.369 e. The molecule has 1 aromatic heterocycles. The molecular formula is C15H25N5O. The summed E-state index contributed by atoms with van der Waals surface area (Å²) in [6, 6.07) is 1.88. The molecule has 116 valence electrons. The summed E-state index contributed by atoms with van der Waals surface area (Å²) in [6.07, 6.45) is 1.02. The lowest BCUT2D eigenvalue weighted by Gasteiger charge is -2.27. The zero-order chi connectivity index (χ0) is 15.2. The number of nitrogens with two attached hydrogens (primary N) is 1. The van der Waals surface area contributed by atoms with Crippen molar-refractivity contribution in [1.29, 1.82) is 0 Å². The molecule has 0 radical (unpaired) electrons. The second-order valence-electron chi connectivity index (χ2n) is 5.54. The van der Waals surface area contributed by atoms with E-state index >= 15 is 0 Å². The van der Waals surface area contributed by atoms with Crippen LogP contribution in [-0.4, -0.2) is 55.1 Å². The van der Waals surface area contributed by atoms with Crippen molar-refractivity contribution in [3.8, 4) is 0 Å². The van der Waals surface area contributed by atoms with E-state index in [0.29, 0.717) is 11.4 Å². The summed E-state index contributed by atoms with van der Waals surface area (Å²) in [5, 5.41) is 6.61. The zero-order valence-electron chi connectivity index (χ0n) is 12.9. The first kappa shape index (κ1) is 15.7. The second kappa shape index (κ2) is 7.38. The molecule has 0 bridgehead atoms. The highest BCUT2D eigenvalue weighted by Crippen LogP contribution is 2.18. The number of aryl methyl sites for hydroxylation is 2. The average molecular weight is 291 g/mol. The second-order valence-corrected chi connectivity index (χ2v) is 5.54. The molecule has 2 rings (SSSR count). The average Bonchev–Trinajstić information content (AvgIpc) is 2.43. The minimum atomic E-state index is -0.426. The Bertz CT molecular complexity index is 497. The standard InChI is InChI=1S/C15H25N5O/c1-11-10-12(2)19-15(13(11)14(16)21)18-4-3-7-20-8-5-17-6-9-20/h10,17H,3-9H2,1-2H3,(H2,16,21)(H,18,19). The Hall–Kier alpha value is -1.66. The lowest BCUT2D eigenvalue weighted by Crippen LogP contribution is -2.44. The van der Waals surface area contributed by atoms with Gasteiger partial charge in [0.15, 0.2) is 0 Å². The third-order valence-electron chi connectivity index (χ3n) is 3.74. The summed E-state index contributed by atoms with van der Waals surface area (Å²) in [6.45, 7) is 10.0. The summed E-state index contributed by atoms with van der Waals surface area (Å²) >= 11 is 0. The first-order valence-corrected chi connectivity index (χ1v) is 7.53. The topological polar surface area (TPSA) is 83.3 Å². The van der Waals surface area contributed by atoms with E-state index in [1.54, 1.807) is 0 Å². The highest BCUT2D eigenvalue weighted by atomic mass is 16.1. The van der Waals surface area contributed by atoms with Gasteiger partial charge in [0.25, 0.3) is 5.91 Å². The molecular weight excluding hydrogens is 266 g/mol. The van der Waals surface area contributed by atoms with E-state index in [4.69, 9.17) is 5.73 Å². The molecule has 4 N–H and O–H groups in total. The van der Waals surface area contributed by atoms with Gasteiger partial charge in [-0.1, -0.05) is 0 Å². The van der Waals surface area contributed by atoms with E-state index in [1.807, 2.05) is 19.9 Å². The third-order valence-corrected chi connectivity index (χ3v) is 3.74. The number of pyridine rings is 1. The van der Waals surface area contributed by atoms with Crippen molar-refractivity contribution in [1.82, 2.24) is 15.2 Å². The molecule has 0 aliphatic carbocycles. The number of amides is 1. The lowest BCUT2D eigenvalue weighted by atomic mass is 10.1. The molecule has 21 heavy (non-hydrogen) atoms. The van der Waals surface area contributed by atoms with Crippen LogP contribution in [0.15, 0.2) is 6.07 Å². The quantitative estimate of drug-likeness (QED) is 0.665. The van der Waals surface area contributed by atoms with Crippen LogP contribution in [-0.2, 0) is 0 Å². The molecule has 0 aromatic carbocycles. The fraction of sp³-hybridized carbons (Fsp3) is 0.600. The monoisotopic (exact) mass is 291 g/mol. The van der Waals surface area contributed by atoms with E-state index in [2.05, 4.69) is 20.5 Å². The summed E-state index contributed by atoms with van der Waals surface area (Å²) in [5.41, 5.74) is 7.72. The highest BCUT2D eigenvalue weighted by molar-refractivity contribution is 5.99. The van der Waals surface area contributed by atoms with Gasteiger partial charge < -0.3 is 21.3 Å². The maximum Gasteiger partial charge on any atom is 0.252 e. The number of rotatable bonds is 6. The van der Waals surface area contributed by atoms with Crippen molar-refractivity contribution in [3.63, 3.8) is 0 Å². The molecule has 1 amide bonds. The van der Waals surface area contributed by atoms with Gasteiger partial charge in [0.1, 0.15) is 5.82 Å². The van der Waals surface area contributed by atoms with Crippen LogP contribution in [0.1, 0.15) is 28.0 Å². The molecule has 1 aliphatic rings. The summed E-state index contributed by atoms with van der Waals surface area (Å²) in [4.78, 5) is 18.4. The van der Waals surface area contributed by atoms with Crippen LogP contribution >= 0.6 is 0 Å². The summed E-state index contributed by atoms with van der Waals surface area (Å²) in [5.74, 6) is 0.185. The maximum absolute atomic E-state index is 11.6. The Kier molecular flexibility index (Phi) is 5.52. The van der Waals surface area contributed by atoms with Crippen LogP contribution in [0.5, 0.6) is 0 Å². The third kappa shape index (κ3) is 4.41. The molecule has 1 saturated heterocycles. The number of carbonyl (C=O) groups is 1. The molecule has 1 aromatic rings. The number of piperazine rings is 1. The van der Waals surface area contributed by atoms with Gasteiger partial charge in [-0.05, 0) is 38.4 Å². The minimum Gasteiger partial charge on any atom is -0.369 e. The number of nitrogens with one attached hydrogen (secondary N) is 2. The molecule has 0 unspecified atom stereocenters. The van der Waals surface area contributed by atoms with Crippen LogP contribution in [0.25, 0.3) is 0 Å². The van der Waals surface area contributed by atoms with Gasteiger partial charge in [-0.3, -0.25) is 4.79 Å². The number of hydrogen-bond donors (Lipinski definition) is 3. The molecule has 6 heteroatoms. The van der Waals surface area contributed by atoms with Crippen molar-refractivity contribution in [2.75, 3.05) is 44.6 Å². The molecule has 0 spiro atoms. The molecule has 0 atom stereocenters. The number of hydrogen-bond acceptors (Lipinski definition) is 5. The molecule has 1 aliphatic heterocycles. The number of nitrogens with zero attached hydrogens (tertiary/aromatic N) is 2. The van der Waals surface area contributed by atoms with Gasteiger partial charge in [0.2, 0.25) is 0 Å². The van der Waals surface area contributed by atoms with E-state index in [1.165, 1.54) is 0 Å². The van der Waals surface area contributed by atoms with Crippen LogP contribution in [0.2, 0.25) is 0 Å². The van der Waals surface area contributed by atoms with Crippen LogP contribution in [0.4, 0.5) is 5.82 Å². The van der Waals surface area contributed by atoms with Gasteiger partial charge in [-0.2, -0.15) is 0 Å². The van der Waals surface area contributed by atoms with Gasteiger partial charge >= 0.3 is 0 Å². The van der Waals surface area contributed by atoms with E-state index in [9.17, 15) is 4.79 Å². The van der Waals surface area contributed by atoms with E-state index < -0.39 is 5.91 Å². The summed E-state index contributed by atoms with van der Waals surface area (Å²) in [7, 11) is 0. The van der Waals surface area contributed by atoms with Crippen LogP contribution in [0, 0.1) is 13.8 Å². The van der Waals surface area contributed by atoms with Crippen molar-refractivity contribution >= 4 is 11.7 Å². The Morgan fingerprint density at radius 2 is 2.14 bits per heavy atom. The van der Waals surface area contributed by atoms with Gasteiger partial charge in [-0.25, -0.2) is 4.98 Å². The molecule has 0 saturated carbocycles. The van der Waals surface area contributed by atoms with Gasteiger partial charge in [-0.15, -0.1) is 0 Å². The van der Waals surface area contributed by atoms with E-state index in [0.717, 1.165) is 56.9 Å². The predicted molar refractivity (Wildman–Crippen MR) is 84.6 cm³/mol. The Labute approximate surface area is 126 Å². The van der Waals surface area contributed by atoms with Crippen LogP contribution in [0.3, 0.4) is 0 Å². The summed E-state index contributed by atoms with van der Waals surface area (Å²) < 4.78 is 0. The van der Waals surface area contributed by atoms with Gasteiger partial charge in [0, 0.05) is 38.4 Å². The molecule has 6 nitrogen and oxygen atoms in total. The van der Waals surface area contributed by atoms with Crippen molar-refractivity contribution in [2.45, 2.75) is 20.3 Å². The predicted octanol–water partition coefficient (Wildman–Crippen LogP) is 0.505. The van der Waals surface area contributed by atoms with Crippen molar-refractivity contribution in [3.05, 3.63) is 22.9 Å². The Morgan fingerprint density at radius 1 is 1.43 bits per heavy atom. The van der Waals surface area contributed by atoms with Gasteiger partial charge in [0.05, 0.1) is 5.56 Å². The first-order valence-electron chi connectivity index (χ1n) is 7.53. The highest BCUT2D eigenvalue weighted by Gasteiger charge is 2.14. The molecule has 2 heterocycles. The van der Waals surface area contributed by atoms with Crippen LogP contribution < -0.4 is 16.4 Å². The normalized spacial score (nSPS) is 15.9. The number of primary amides is 1. The minimum absolute atomic E-state index is 0.426. The maximum atomic E-state index is 11.6. The number of aromatic nitrogens is 1.